The summed E-state index contributed by atoms with van der Waals surface area (Å²) >= 11 is 0. The Balaban J connectivity index is 1.40. The van der Waals surface area contributed by atoms with Gasteiger partial charge in [-0.2, -0.15) is 0 Å². The van der Waals surface area contributed by atoms with E-state index in [-0.39, 0.29) is 5.54 Å². The normalized spacial score (nSPS) is 13.7. The van der Waals surface area contributed by atoms with Crippen LogP contribution < -0.4 is 10.6 Å². The molecule has 3 heteroatoms. The first-order valence-electron chi connectivity index (χ1n) is 19.7. The minimum Gasteiger partial charge on any atom is -0.386 e. The Hall–Kier alpha value is -4.11. The number of unbranched alkanes of at least 4 members (excludes halogenated alkanes) is 4. The van der Waals surface area contributed by atoms with Crippen LogP contribution in [-0.4, -0.2) is 24.3 Å². The van der Waals surface area contributed by atoms with Crippen LogP contribution in [0.3, 0.4) is 0 Å². The Kier molecular flexibility index (Phi) is 18.9. The number of benzene rings is 2. The molecule has 0 bridgehead atoms. The average molecular weight is 686 g/mol. The molecule has 0 aliphatic carbocycles. The molecule has 0 saturated heterocycles. The topological polar surface area (TPSA) is 36.4 Å². The molecule has 0 radical (unpaired) electrons. The van der Waals surface area contributed by atoms with E-state index in [9.17, 15) is 0 Å². The second kappa shape index (κ2) is 23.4. The minimum atomic E-state index is -0.147. The number of hydrogen-bond acceptors (Lipinski definition) is 3. The zero-order valence-electron chi connectivity index (χ0n) is 32.7. The summed E-state index contributed by atoms with van der Waals surface area (Å²) in [6, 6.07) is 17.9. The number of nitrogens with one attached hydrogen (secondary N) is 2. The maximum absolute atomic E-state index is 5.07. The van der Waals surface area contributed by atoms with Crippen molar-refractivity contribution in [1.29, 1.82) is 0 Å². The lowest BCUT2D eigenvalue weighted by Crippen LogP contribution is -2.46. The summed E-state index contributed by atoms with van der Waals surface area (Å²) in [5.41, 5.74) is 10.7. The van der Waals surface area contributed by atoms with Gasteiger partial charge in [0, 0.05) is 41.0 Å². The van der Waals surface area contributed by atoms with Crippen LogP contribution in [0.4, 0.5) is 0 Å². The summed E-state index contributed by atoms with van der Waals surface area (Å²) in [6.07, 6.45) is 32.4. The molecule has 1 aliphatic rings. The number of allylic oxidation sites excluding steroid dienone is 11. The highest BCUT2D eigenvalue weighted by atomic mass is 15.0. The van der Waals surface area contributed by atoms with Crippen molar-refractivity contribution in [1.82, 2.24) is 10.6 Å². The molecule has 0 atom stereocenters. The maximum Gasteiger partial charge on any atom is 0.0729 e. The van der Waals surface area contributed by atoms with E-state index in [1.165, 1.54) is 59.1 Å². The zero-order chi connectivity index (χ0) is 36.7. The lowest BCUT2D eigenvalue weighted by molar-refractivity contribution is 0.404. The molecule has 3 nitrogen and oxygen atoms in total. The molecule has 274 valence electrons. The van der Waals surface area contributed by atoms with E-state index >= 15 is 0 Å². The molecule has 0 saturated carbocycles. The van der Waals surface area contributed by atoms with Gasteiger partial charge in [0.05, 0.1) is 12.3 Å². The van der Waals surface area contributed by atoms with Crippen molar-refractivity contribution < 1.29 is 0 Å². The van der Waals surface area contributed by atoms with Crippen molar-refractivity contribution in [3.8, 4) is 0 Å². The maximum atomic E-state index is 5.07. The van der Waals surface area contributed by atoms with E-state index in [0.29, 0.717) is 6.54 Å². The standard InChI is InChI=1S/C48H67N3/c1-8-11-12-13-14-15-16-17-18-19-20-21-22-23-24-25-26-27-39(4)51-48(6,7)38-50-40(5)36-45-37-49-47(44-34-30-42(10-3)31-35-44)46(45)43-32-28-41(9-2)29-33-43/h14-15,17-18,20-21,23-24,28-35,50-51H,4-5,8-13,16,19,22,25-27,36-38H2,1-3,6-7H3/b15-14-,18-17-,21-20-,24-23-. The molecule has 1 heterocycles. The zero-order valence-corrected chi connectivity index (χ0v) is 32.7. The van der Waals surface area contributed by atoms with Crippen LogP contribution >= 0.6 is 0 Å². The molecular formula is C48H67N3. The first kappa shape index (κ1) is 41.3. The van der Waals surface area contributed by atoms with Crippen molar-refractivity contribution in [2.24, 2.45) is 4.99 Å². The van der Waals surface area contributed by atoms with Gasteiger partial charge in [-0.3, -0.25) is 4.99 Å². The van der Waals surface area contributed by atoms with E-state index in [1.54, 1.807) is 0 Å². The minimum absolute atomic E-state index is 0.147. The summed E-state index contributed by atoms with van der Waals surface area (Å²) in [5.74, 6) is 0. The lowest BCUT2D eigenvalue weighted by atomic mass is 9.91. The number of rotatable bonds is 25. The Morgan fingerprint density at radius 3 is 1.76 bits per heavy atom. The Bertz CT molecular complexity index is 1520. The van der Waals surface area contributed by atoms with E-state index < -0.39 is 0 Å². The highest BCUT2D eigenvalue weighted by molar-refractivity contribution is 6.34. The second-order valence-corrected chi connectivity index (χ2v) is 14.5. The molecule has 2 N–H and O–H groups in total. The largest absolute Gasteiger partial charge is 0.386 e. The van der Waals surface area contributed by atoms with Gasteiger partial charge in [-0.25, -0.2) is 0 Å². The van der Waals surface area contributed by atoms with Gasteiger partial charge in [-0.15, -0.1) is 0 Å². The Labute approximate surface area is 312 Å². The monoisotopic (exact) mass is 686 g/mol. The SMILES string of the molecule is C=C(CC1=C(c2ccc(CC)cc2)C(c2ccc(CC)cc2)=NC1)NCC(C)(C)NC(=C)CCC/C=C\C/C=C\C/C=C\C/C=C\CCCCC. The first-order chi connectivity index (χ1) is 24.8. The highest BCUT2D eigenvalue weighted by Crippen LogP contribution is 2.32. The lowest BCUT2D eigenvalue weighted by Gasteiger charge is -2.30. The highest BCUT2D eigenvalue weighted by Gasteiger charge is 2.24. The van der Waals surface area contributed by atoms with E-state index in [4.69, 9.17) is 4.99 Å². The van der Waals surface area contributed by atoms with Crippen LogP contribution in [0.15, 0.2) is 132 Å². The molecule has 0 unspecified atom stereocenters. The van der Waals surface area contributed by atoms with Gasteiger partial charge < -0.3 is 10.6 Å². The number of hydrogen-bond donors (Lipinski definition) is 2. The molecule has 51 heavy (non-hydrogen) atoms. The molecular weight excluding hydrogens is 619 g/mol. The van der Waals surface area contributed by atoms with Crippen molar-refractivity contribution in [3.63, 3.8) is 0 Å². The number of nitrogens with zero attached hydrogens (tertiary/aromatic N) is 1. The molecule has 2 aromatic rings. The smallest absolute Gasteiger partial charge is 0.0729 e. The predicted octanol–water partition coefficient (Wildman–Crippen LogP) is 12.6. The van der Waals surface area contributed by atoms with Gasteiger partial charge in [0.25, 0.3) is 0 Å². The second-order valence-electron chi connectivity index (χ2n) is 14.5. The quantitative estimate of drug-likeness (QED) is 0.0806. The molecule has 0 spiro atoms. The van der Waals surface area contributed by atoms with Gasteiger partial charge in [0.1, 0.15) is 0 Å². The fourth-order valence-corrected chi connectivity index (χ4v) is 6.27. The van der Waals surface area contributed by atoms with Crippen LogP contribution in [0.25, 0.3) is 5.57 Å². The first-order valence-corrected chi connectivity index (χ1v) is 19.7. The van der Waals surface area contributed by atoms with Crippen LogP contribution in [-0.2, 0) is 12.8 Å². The summed E-state index contributed by atoms with van der Waals surface area (Å²) in [5, 5.41) is 7.30. The fraction of sp³-hybridized carbons (Fsp3) is 0.438. The molecule has 0 fully saturated rings. The van der Waals surface area contributed by atoms with Crippen molar-refractivity contribution >= 4 is 11.3 Å². The van der Waals surface area contributed by atoms with Gasteiger partial charge in [0.2, 0.25) is 0 Å². The van der Waals surface area contributed by atoms with Crippen molar-refractivity contribution in [2.45, 2.75) is 124 Å². The van der Waals surface area contributed by atoms with Crippen molar-refractivity contribution in [2.75, 3.05) is 13.1 Å². The number of aryl methyl sites for hydroxylation is 2. The fourth-order valence-electron chi connectivity index (χ4n) is 6.27. The molecule has 1 aliphatic heterocycles. The average Bonchev–Trinajstić information content (AvgIpc) is 3.55. The third kappa shape index (κ3) is 15.8. The molecule has 2 aromatic carbocycles. The Morgan fingerprint density at radius 1 is 0.686 bits per heavy atom. The molecule has 0 aromatic heterocycles. The summed E-state index contributed by atoms with van der Waals surface area (Å²) in [7, 11) is 0. The van der Waals surface area contributed by atoms with Crippen LogP contribution in [0.5, 0.6) is 0 Å². The summed E-state index contributed by atoms with van der Waals surface area (Å²) in [6.45, 7) is 21.3. The number of aliphatic imine (C=N–C) groups is 1. The van der Waals surface area contributed by atoms with Gasteiger partial charge in [-0.1, -0.05) is 144 Å². The Morgan fingerprint density at radius 2 is 1.22 bits per heavy atom. The van der Waals surface area contributed by atoms with E-state index in [0.717, 1.165) is 81.4 Å². The third-order valence-electron chi connectivity index (χ3n) is 9.33. The van der Waals surface area contributed by atoms with Crippen LogP contribution in [0.1, 0.15) is 128 Å². The van der Waals surface area contributed by atoms with Crippen LogP contribution in [0.2, 0.25) is 0 Å². The summed E-state index contributed by atoms with van der Waals surface area (Å²) in [4.78, 5) is 5.07. The third-order valence-corrected chi connectivity index (χ3v) is 9.33. The van der Waals surface area contributed by atoms with E-state index in [2.05, 4.69) is 156 Å². The summed E-state index contributed by atoms with van der Waals surface area (Å²) < 4.78 is 0. The van der Waals surface area contributed by atoms with E-state index in [1.807, 2.05) is 0 Å². The predicted molar refractivity (Wildman–Crippen MR) is 226 cm³/mol. The van der Waals surface area contributed by atoms with Gasteiger partial charge in [-0.05, 0) is 100 Å². The van der Waals surface area contributed by atoms with Crippen LogP contribution in [0, 0.1) is 0 Å². The molecule has 3 rings (SSSR count). The van der Waals surface area contributed by atoms with Gasteiger partial charge in [0.15, 0.2) is 0 Å². The molecule has 0 amide bonds. The van der Waals surface area contributed by atoms with Crippen molar-refractivity contribution in [3.05, 3.63) is 150 Å². The van der Waals surface area contributed by atoms with Gasteiger partial charge >= 0.3 is 0 Å².